The van der Waals surface area contributed by atoms with E-state index in [-0.39, 0.29) is 0 Å². The van der Waals surface area contributed by atoms with Gasteiger partial charge >= 0.3 is 0 Å². The Hall–Kier alpha value is -7.76. The lowest BCUT2D eigenvalue weighted by Crippen LogP contribution is -2.12. The highest BCUT2D eigenvalue weighted by atomic mass is 16.6. The first kappa shape index (κ1) is 32.7. The number of rotatable bonds is 6. The molecule has 5 heteroatoms. The Morgan fingerprint density at radius 3 is 1.47 bits per heavy atom. The first-order chi connectivity index (χ1) is 28.2. The zero-order valence-electron chi connectivity index (χ0n) is 30.6. The summed E-state index contributed by atoms with van der Waals surface area (Å²) in [5.74, 6) is 5.35. The Labute approximate surface area is 330 Å². The second-order valence-corrected chi connectivity index (χ2v) is 14.1. The lowest BCUT2D eigenvalue weighted by atomic mass is 9.95. The fourth-order valence-electron chi connectivity index (χ4n) is 7.81. The monoisotopic (exact) mass is 735 g/mol. The van der Waals surface area contributed by atoms with Gasteiger partial charge in [-0.05, 0) is 94.2 Å². The van der Waals surface area contributed by atoms with Crippen LogP contribution in [0.5, 0.6) is 46.0 Å². The molecule has 9 aromatic carbocycles. The predicted octanol–water partition coefficient (Wildman–Crippen LogP) is 15.1. The summed E-state index contributed by atoms with van der Waals surface area (Å²) < 4.78 is 26.6. The first-order valence-corrected chi connectivity index (χ1v) is 19.0. The number of hydrogen-bond acceptors (Lipinski definition) is 5. The smallest absolute Gasteiger partial charge is 0.178 e. The zero-order chi connectivity index (χ0) is 37.7. The van der Waals surface area contributed by atoms with Crippen LogP contribution in [0, 0.1) is 0 Å². The Balaban J connectivity index is 1.07. The third-order valence-corrected chi connectivity index (χ3v) is 10.6. The zero-order valence-corrected chi connectivity index (χ0v) is 30.6. The van der Waals surface area contributed by atoms with Crippen LogP contribution in [0.2, 0.25) is 0 Å². The molecule has 0 radical (unpaired) electrons. The van der Waals surface area contributed by atoms with Crippen molar-refractivity contribution in [2.24, 2.45) is 0 Å². The Kier molecular flexibility index (Phi) is 7.74. The van der Waals surface area contributed by atoms with Crippen molar-refractivity contribution < 1.29 is 18.9 Å². The molecule has 0 atom stereocenters. The van der Waals surface area contributed by atoms with Crippen molar-refractivity contribution >= 4 is 27.8 Å². The summed E-state index contributed by atoms with van der Waals surface area (Å²) in [7, 11) is 0. The molecule has 0 amide bonds. The standard InChI is InChI=1S/C52H33NO4/c1-3-13-34(14-4-1)35-23-25-39(26-24-35)53(40-27-30-47-50(33-40)55-49-32-38-18-8-7-17-37(38)31-48(49)54-47)44-20-10-9-19-42(44)43-29-28-41(36-15-5-2-6-16-36)51-52(43)57-46-22-12-11-21-45(46)56-51/h1-33H. The van der Waals surface area contributed by atoms with E-state index in [1.807, 2.05) is 78.9 Å². The molecule has 2 heterocycles. The van der Waals surface area contributed by atoms with Crippen LogP contribution in [-0.2, 0) is 0 Å². The molecule has 5 nitrogen and oxygen atoms in total. The topological polar surface area (TPSA) is 40.2 Å². The summed E-state index contributed by atoms with van der Waals surface area (Å²) >= 11 is 0. The van der Waals surface area contributed by atoms with Crippen molar-refractivity contribution in [3.8, 4) is 79.4 Å². The van der Waals surface area contributed by atoms with Gasteiger partial charge in [-0.15, -0.1) is 0 Å². The van der Waals surface area contributed by atoms with Crippen LogP contribution in [0.25, 0.3) is 44.2 Å². The normalized spacial score (nSPS) is 12.1. The van der Waals surface area contributed by atoms with Crippen LogP contribution in [0.3, 0.4) is 0 Å². The fourth-order valence-corrected chi connectivity index (χ4v) is 7.81. The summed E-state index contributed by atoms with van der Waals surface area (Å²) in [5.41, 5.74) is 8.98. The number of benzene rings is 9. The summed E-state index contributed by atoms with van der Waals surface area (Å²) in [6.07, 6.45) is 0. The van der Waals surface area contributed by atoms with Gasteiger partial charge < -0.3 is 23.8 Å². The molecule has 270 valence electrons. The van der Waals surface area contributed by atoms with E-state index in [0.29, 0.717) is 46.0 Å². The van der Waals surface area contributed by atoms with E-state index in [4.69, 9.17) is 18.9 Å². The van der Waals surface area contributed by atoms with E-state index in [1.165, 1.54) is 0 Å². The summed E-state index contributed by atoms with van der Waals surface area (Å²) in [6, 6.07) is 68.3. The minimum atomic E-state index is 0.636. The maximum atomic E-state index is 6.79. The molecule has 0 spiro atoms. The molecular formula is C52H33NO4. The van der Waals surface area contributed by atoms with E-state index >= 15 is 0 Å². The van der Waals surface area contributed by atoms with Crippen LogP contribution in [-0.4, -0.2) is 0 Å². The maximum absolute atomic E-state index is 6.79. The molecule has 11 rings (SSSR count). The minimum absolute atomic E-state index is 0.636. The fraction of sp³-hybridized carbons (Fsp3) is 0. The van der Waals surface area contributed by atoms with E-state index in [2.05, 4.69) is 126 Å². The van der Waals surface area contributed by atoms with Crippen LogP contribution in [0.1, 0.15) is 0 Å². The molecule has 0 aromatic heterocycles. The van der Waals surface area contributed by atoms with Crippen molar-refractivity contribution in [3.63, 3.8) is 0 Å². The van der Waals surface area contributed by atoms with Crippen LogP contribution < -0.4 is 23.8 Å². The van der Waals surface area contributed by atoms with Gasteiger partial charge in [0.15, 0.2) is 46.0 Å². The van der Waals surface area contributed by atoms with E-state index in [0.717, 1.165) is 61.2 Å². The second kappa shape index (κ2) is 13.5. The van der Waals surface area contributed by atoms with Crippen LogP contribution >= 0.6 is 0 Å². The molecule has 0 N–H and O–H groups in total. The molecule has 57 heavy (non-hydrogen) atoms. The Bertz CT molecular complexity index is 2960. The lowest BCUT2D eigenvalue weighted by Gasteiger charge is -2.31. The number of anilines is 3. The van der Waals surface area contributed by atoms with Gasteiger partial charge in [0.25, 0.3) is 0 Å². The van der Waals surface area contributed by atoms with Gasteiger partial charge in [0.1, 0.15) is 0 Å². The van der Waals surface area contributed by atoms with Gasteiger partial charge in [0.05, 0.1) is 11.4 Å². The number of para-hydroxylation sites is 3. The lowest BCUT2D eigenvalue weighted by molar-refractivity contribution is 0.360. The number of ether oxygens (including phenoxy) is 4. The molecular weight excluding hydrogens is 703 g/mol. The quantitative estimate of drug-likeness (QED) is 0.170. The molecule has 2 aliphatic rings. The summed E-state index contributed by atoms with van der Waals surface area (Å²) in [6.45, 7) is 0. The molecule has 0 aliphatic carbocycles. The largest absolute Gasteiger partial charge is 0.449 e. The third kappa shape index (κ3) is 5.81. The summed E-state index contributed by atoms with van der Waals surface area (Å²) in [5, 5.41) is 2.18. The SMILES string of the molecule is c1ccc(-c2ccc(N(c3ccc4c(c3)Oc3cc5ccccc5cc3O4)c3ccccc3-c3ccc(-c4ccccc4)c4c3Oc3ccccc3O4)cc2)cc1. The molecule has 0 bridgehead atoms. The van der Waals surface area contributed by atoms with Gasteiger partial charge in [-0.1, -0.05) is 127 Å². The maximum Gasteiger partial charge on any atom is 0.178 e. The molecule has 2 aliphatic heterocycles. The van der Waals surface area contributed by atoms with Crippen molar-refractivity contribution in [1.82, 2.24) is 0 Å². The highest BCUT2D eigenvalue weighted by Gasteiger charge is 2.29. The average Bonchev–Trinajstić information content (AvgIpc) is 3.28. The molecule has 0 unspecified atom stereocenters. The Morgan fingerprint density at radius 2 is 0.772 bits per heavy atom. The highest BCUT2D eigenvalue weighted by molar-refractivity contribution is 5.94. The van der Waals surface area contributed by atoms with Gasteiger partial charge in [-0.3, -0.25) is 0 Å². The number of fused-ring (bicyclic) bond motifs is 5. The highest BCUT2D eigenvalue weighted by Crippen LogP contribution is 2.56. The minimum Gasteiger partial charge on any atom is -0.449 e. The van der Waals surface area contributed by atoms with E-state index < -0.39 is 0 Å². The number of hydrogen-bond donors (Lipinski definition) is 0. The molecule has 9 aromatic rings. The molecule has 0 saturated heterocycles. The van der Waals surface area contributed by atoms with Gasteiger partial charge in [0.2, 0.25) is 0 Å². The second-order valence-electron chi connectivity index (χ2n) is 14.1. The predicted molar refractivity (Wildman–Crippen MR) is 228 cm³/mol. The number of nitrogens with zero attached hydrogens (tertiary/aromatic N) is 1. The van der Waals surface area contributed by atoms with Crippen LogP contribution in [0.15, 0.2) is 200 Å². The van der Waals surface area contributed by atoms with Gasteiger partial charge in [0, 0.05) is 28.4 Å². The molecule has 0 saturated carbocycles. The third-order valence-electron chi connectivity index (χ3n) is 10.6. The van der Waals surface area contributed by atoms with Crippen molar-refractivity contribution in [2.45, 2.75) is 0 Å². The van der Waals surface area contributed by atoms with Crippen molar-refractivity contribution in [3.05, 3.63) is 200 Å². The van der Waals surface area contributed by atoms with E-state index in [9.17, 15) is 0 Å². The van der Waals surface area contributed by atoms with Crippen molar-refractivity contribution in [2.75, 3.05) is 4.90 Å². The van der Waals surface area contributed by atoms with Crippen LogP contribution in [0.4, 0.5) is 17.1 Å². The summed E-state index contributed by atoms with van der Waals surface area (Å²) in [4.78, 5) is 2.26. The van der Waals surface area contributed by atoms with E-state index in [1.54, 1.807) is 0 Å². The Morgan fingerprint density at radius 1 is 0.281 bits per heavy atom. The van der Waals surface area contributed by atoms with Gasteiger partial charge in [-0.25, -0.2) is 0 Å². The average molecular weight is 736 g/mol. The van der Waals surface area contributed by atoms with Crippen molar-refractivity contribution in [1.29, 1.82) is 0 Å². The molecule has 0 fully saturated rings. The van der Waals surface area contributed by atoms with Gasteiger partial charge in [-0.2, -0.15) is 0 Å². The first-order valence-electron chi connectivity index (χ1n) is 19.0.